The van der Waals surface area contributed by atoms with Crippen LogP contribution in [0.3, 0.4) is 0 Å². The van der Waals surface area contributed by atoms with Crippen LogP contribution in [0.4, 0.5) is 0 Å². The number of carbonyl (C=O) groups is 1. The predicted molar refractivity (Wildman–Crippen MR) is 110 cm³/mol. The number of nitrogens with zero attached hydrogens (tertiary/aromatic N) is 4. The molecule has 0 aliphatic rings. The van der Waals surface area contributed by atoms with Crippen molar-refractivity contribution < 1.29 is 9.21 Å². The van der Waals surface area contributed by atoms with Crippen molar-refractivity contribution >= 4 is 39.2 Å². The van der Waals surface area contributed by atoms with E-state index in [9.17, 15) is 4.79 Å². The molecule has 0 spiro atoms. The van der Waals surface area contributed by atoms with Gasteiger partial charge in [-0.05, 0) is 38.1 Å². The molecular weight excluding hydrogens is 394 g/mol. The van der Waals surface area contributed by atoms with Crippen LogP contribution in [0.5, 0.6) is 0 Å². The average molecular weight is 414 g/mol. The highest BCUT2D eigenvalue weighted by atomic mass is 32.2. The molecule has 0 radical (unpaired) electrons. The van der Waals surface area contributed by atoms with Crippen LogP contribution in [0.1, 0.15) is 25.6 Å². The third-order valence-corrected chi connectivity index (χ3v) is 6.06. The Labute approximate surface area is 170 Å². The molecule has 0 aliphatic carbocycles. The van der Waals surface area contributed by atoms with Crippen molar-refractivity contribution in [3.05, 3.63) is 48.5 Å². The summed E-state index contributed by atoms with van der Waals surface area (Å²) in [5.41, 5.74) is 0.958. The van der Waals surface area contributed by atoms with Gasteiger partial charge in [-0.1, -0.05) is 23.9 Å². The Balaban J connectivity index is 1.33. The third kappa shape index (κ3) is 4.10. The molecular formula is C19H19N5O2S2. The number of furan rings is 1. The molecule has 0 saturated carbocycles. The summed E-state index contributed by atoms with van der Waals surface area (Å²) in [4.78, 5) is 16.7. The molecule has 0 bridgehead atoms. The van der Waals surface area contributed by atoms with Crippen LogP contribution < -0.4 is 5.32 Å². The number of hydrogen-bond acceptors (Lipinski definition) is 7. The number of fused-ring (bicyclic) bond motifs is 1. The molecule has 0 atom stereocenters. The lowest BCUT2D eigenvalue weighted by molar-refractivity contribution is -0.118. The van der Waals surface area contributed by atoms with Gasteiger partial charge in [0.15, 0.2) is 15.9 Å². The quantitative estimate of drug-likeness (QED) is 0.458. The van der Waals surface area contributed by atoms with Gasteiger partial charge in [0, 0.05) is 6.04 Å². The van der Waals surface area contributed by atoms with E-state index in [1.54, 1.807) is 17.7 Å². The van der Waals surface area contributed by atoms with Crippen molar-refractivity contribution in [1.82, 2.24) is 25.1 Å². The van der Waals surface area contributed by atoms with Crippen LogP contribution in [-0.4, -0.2) is 31.4 Å². The van der Waals surface area contributed by atoms with Crippen molar-refractivity contribution in [2.24, 2.45) is 0 Å². The Hall–Kier alpha value is -2.65. The molecule has 1 N–H and O–H groups in total. The third-order valence-electron chi connectivity index (χ3n) is 4.06. The van der Waals surface area contributed by atoms with Gasteiger partial charge < -0.3 is 14.3 Å². The zero-order valence-electron chi connectivity index (χ0n) is 15.5. The van der Waals surface area contributed by atoms with Gasteiger partial charge in [0.1, 0.15) is 12.1 Å². The number of thioether (sulfide) groups is 1. The second kappa shape index (κ2) is 8.15. The zero-order valence-corrected chi connectivity index (χ0v) is 17.1. The van der Waals surface area contributed by atoms with E-state index < -0.39 is 0 Å². The molecule has 4 aromatic rings. The maximum Gasteiger partial charge on any atom is 0.230 e. The summed E-state index contributed by atoms with van der Waals surface area (Å²) in [5.74, 6) is 1.60. The van der Waals surface area contributed by atoms with Crippen LogP contribution in [0, 0.1) is 0 Å². The lowest BCUT2D eigenvalue weighted by atomic mass is 10.3. The molecule has 1 aromatic carbocycles. The largest absolute Gasteiger partial charge is 0.457 e. The normalized spacial score (nSPS) is 11.4. The molecule has 7 nitrogen and oxygen atoms in total. The lowest BCUT2D eigenvalue weighted by Gasteiger charge is -2.09. The van der Waals surface area contributed by atoms with Crippen molar-refractivity contribution in [1.29, 1.82) is 0 Å². The predicted octanol–water partition coefficient (Wildman–Crippen LogP) is 4.14. The van der Waals surface area contributed by atoms with E-state index >= 15 is 0 Å². The first-order chi connectivity index (χ1) is 13.6. The fraction of sp³-hybridized carbons (Fsp3) is 0.263. The van der Waals surface area contributed by atoms with E-state index in [4.69, 9.17) is 4.42 Å². The first-order valence-electron chi connectivity index (χ1n) is 8.84. The molecule has 0 saturated heterocycles. The molecule has 144 valence electrons. The second-order valence-electron chi connectivity index (χ2n) is 6.43. The van der Waals surface area contributed by atoms with Crippen molar-refractivity contribution in [3.8, 4) is 10.8 Å². The lowest BCUT2D eigenvalue weighted by Crippen LogP contribution is -2.24. The SMILES string of the molecule is CC(C)n1cnnc1SCC(=O)NCc1ccc(-c2nc3ccccc3s2)o1. The van der Waals surface area contributed by atoms with Gasteiger partial charge in [-0.3, -0.25) is 4.79 Å². The summed E-state index contributed by atoms with van der Waals surface area (Å²) in [6.07, 6.45) is 1.68. The van der Waals surface area contributed by atoms with E-state index in [2.05, 4.69) is 20.5 Å². The minimum atomic E-state index is -0.0822. The van der Waals surface area contributed by atoms with Crippen LogP contribution in [0.15, 0.2) is 52.3 Å². The summed E-state index contributed by atoms with van der Waals surface area (Å²) >= 11 is 2.96. The van der Waals surface area contributed by atoms with Gasteiger partial charge in [-0.25, -0.2) is 4.98 Å². The van der Waals surface area contributed by atoms with Gasteiger partial charge in [0.2, 0.25) is 5.91 Å². The average Bonchev–Trinajstić information content (AvgIpc) is 3.43. The van der Waals surface area contributed by atoms with Crippen molar-refractivity contribution in [3.63, 3.8) is 0 Å². The number of amides is 1. The highest BCUT2D eigenvalue weighted by Crippen LogP contribution is 2.31. The summed E-state index contributed by atoms with van der Waals surface area (Å²) < 4.78 is 8.91. The molecule has 0 fully saturated rings. The van der Waals surface area contributed by atoms with E-state index in [0.29, 0.717) is 18.1 Å². The number of hydrogen-bond donors (Lipinski definition) is 1. The second-order valence-corrected chi connectivity index (χ2v) is 8.41. The number of rotatable bonds is 7. The number of aromatic nitrogens is 4. The maximum atomic E-state index is 12.1. The molecule has 9 heteroatoms. The standard InChI is InChI=1S/C19H19N5O2S2/c1-12(2)24-11-21-23-19(24)27-10-17(25)20-9-13-7-8-15(26-13)18-22-14-5-3-4-6-16(14)28-18/h3-8,11-12H,9-10H2,1-2H3,(H,20,25). The Morgan fingerprint density at radius 1 is 1.29 bits per heavy atom. The molecule has 3 aromatic heterocycles. The highest BCUT2D eigenvalue weighted by Gasteiger charge is 2.13. The fourth-order valence-corrected chi connectivity index (χ4v) is 4.42. The number of para-hydroxylation sites is 1. The van der Waals surface area contributed by atoms with Crippen LogP contribution >= 0.6 is 23.1 Å². The first kappa shape index (κ1) is 18.7. The van der Waals surface area contributed by atoms with E-state index in [1.165, 1.54) is 11.8 Å². The van der Waals surface area contributed by atoms with Gasteiger partial charge in [-0.2, -0.15) is 0 Å². The van der Waals surface area contributed by atoms with Crippen LogP contribution in [0.25, 0.3) is 21.0 Å². The van der Waals surface area contributed by atoms with Crippen LogP contribution in [-0.2, 0) is 11.3 Å². The van der Waals surface area contributed by atoms with E-state index in [1.807, 2.05) is 54.8 Å². The number of thiazole rings is 1. The summed E-state index contributed by atoms with van der Waals surface area (Å²) in [5, 5.41) is 12.4. The molecule has 0 aliphatic heterocycles. The minimum Gasteiger partial charge on any atom is -0.457 e. The van der Waals surface area contributed by atoms with Gasteiger partial charge in [0.25, 0.3) is 0 Å². The molecule has 4 rings (SSSR count). The van der Waals surface area contributed by atoms with Crippen molar-refractivity contribution in [2.75, 3.05) is 5.75 Å². The van der Waals surface area contributed by atoms with Gasteiger partial charge in [-0.15, -0.1) is 21.5 Å². The number of nitrogens with one attached hydrogen (secondary N) is 1. The van der Waals surface area contributed by atoms with E-state index in [0.717, 1.165) is 20.4 Å². The molecule has 3 heterocycles. The van der Waals surface area contributed by atoms with Gasteiger partial charge >= 0.3 is 0 Å². The first-order valence-corrected chi connectivity index (χ1v) is 10.6. The number of benzene rings is 1. The number of carbonyl (C=O) groups excluding carboxylic acids is 1. The molecule has 28 heavy (non-hydrogen) atoms. The topological polar surface area (TPSA) is 85.8 Å². The Morgan fingerprint density at radius 3 is 2.96 bits per heavy atom. The Morgan fingerprint density at radius 2 is 2.14 bits per heavy atom. The Bertz CT molecular complexity index is 1070. The molecule has 1 amide bonds. The maximum absolute atomic E-state index is 12.1. The Kier molecular flexibility index (Phi) is 5.45. The van der Waals surface area contributed by atoms with Crippen molar-refractivity contribution in [2.45, 2.75) is 31.6 Å². The summed E-state index contributed by atoms with van der Waals surface area (Å²) in [6.45, 7) is 4.43. The highest BCUT2D eigenvalue weighted by molar-refractivity contribution is 7.99. The van der Waals surface area contributed by atoms with Gasteiger partial charge in [0.05, 0.1) is 22.5 Å². The molecule has 0 unspecified atom stereocenters. The summed E-state index contributed by atoms with van der Waals surface area (Å²) in [7, 11) is 0. The fourth-order valence-electron chi connectivity index (χ4n) is 2.62. The minimum absolute atomic E-state index is 0.0822. The smallest absolute Gasteiger partial charge is 0.230 e. The van der Waals surface area contributed by atoms with Crippen LogP contribution in [0.2, 0.25) is 0 Å². The van der Waals surface area contributed by atoms with E-state index in [-0.39, 0.29) is 17.7 Å². The summed E-state index contributed by atoms with van der Waals surface area (Å²) in [6, 6.07) is 12.0. The zero-order chi connectivity index (χ0) is 19.5. The monoisotopic (exact) mass is 413 g/mol.